The normalized spacial score (nSPS) is 15.3. The van der Waals surface area contributed by atoms with Gasteiger partial charge >= 0.3 is 6.36 Å². The number of primary amides is 1. The third-order valence-corrected chi connectivity index (χ3v) is 7.33. The number of anilines is 1. The van der Waals surface area contributed by atoms with E-state index in [1.165, 1.54) is 4.31 Å². The van der Waals surface area contributed by atoms with Crippen LogP contribution in [0.2, 0.25) is 0 Å². The number of halogens is 3. The lowest BCUT2D eigenvalue weighted by molar-refractivity contribution is -0.274. The van der Waals surface area contributed by atoms with Crippen molar-refractivity contribution >= 4 is 32.8 Å². The molecule has 4 rings (SSSR count). The summed E-state index contributed by atoms with van der Waals surface area (Å²) in [5, 5.41) is 0. The van der Waals surface area contributed by atoms with Gasteiger partial charge in [0.25, 0.3) is 0 Å². The van der Waals surface area contributed by atoms with Gasteiger partial charge in [0.2, 0.25) is 15.9 Å². The van der Waals surface area contributed by atoms with Crippen LogP contribution >= 0.6 is 0 Å². The van der Waals surface area contributed by atoms with Gasteiger partial charge in [0.15, 0.2) is 0 Å². The average Bonchev–Trinajstić information content (AvgIpc) is 2.82. The second-order valence-corrected chi connectivity index (χ2v) is 9.71. The van der Waals surface area contributed by atoms with Crippen LogP contribution in [-0.4, -0.2) is 66.1 Å². The van der Waals surface area contributed by atoms with E-state index in [-0.39, 0.29) is 24.4 Å². The van der Waals surface area contributed by atoms with E-state index in [0.717, 1.165) is 29.8 Å². The first kappa shape index (κ1) is 24.6. The number of hydrogen-bond donors (Lipinski definition) is 1. The summed E-state index contributed by atoms with van der Waals surface area (Å²) in [6.45, 7) is 0.953. The highest BCUT2D eigenvalue weighted by Crippen LogP contribution is 2.26. The minimum Gasteiger partial charge on any atom is -0.406 e. The van der Waals surface area contributed by atoms with E-state index in [4.69, 9.17) is 5.73 Å². The molecule has 186 valence electrons. The molecule has 1 aromatic carbocycles. The number of pyridine rings is 1. The predicted molar refractivity (Wildman–Crippen MR) is 119 cm³/mol. The molecule has 0 spiro atoms. The molecule has 1 aliphatic rings. The van der Waals surface area contributed by atoms with Crippen LogP contribution in [0.5, 0.6) is 5.75 Å². The maximum absolute atomic E-state index is 12.9. The molecule has 1 amide bonds. The number of piperazine rings is 1. The molecule has 0 aliphatic carbocycles. The lowest BCUT2D eigenvalue weighted by Crippen LogP contribution is -2.49. The summed E-state index contributed by atoms with van der Waals surface area (Å²) in [7, 11) is -3.90. The van der Waals surface area contributed by atoms with Gasteiger partial charge in [0.05, 0.1) is 22.8 Å². The van der Waals surface area contributed by atoms with Gasteiger partial charge in [-0.2, -0.15) is 4.31 Å². The minimum absolute atomic E-state index is 0.127. The Labute approximate surface area is 198 Å². The summed E-state index contributed by atoms with van der Waals surface area (Å²) in [5.74, 6) is -0.387. The van der Waals surface area contributed by atoms with Gasteiger partial charge in [0.1, 0.15) is 17.1 Å². The fraction of sp³-hybridized carbons (Fsp3) is 0.333. The molecule has 14 heteroatoms. The number of alkyl halides is 3. The maximum Gasteiger partial charge on any atom is 0.573 e. The summed E-state index contributed by atoms with van der Waals surface area (Å²) in [4.78, 5) is 26.1. The molecule has 2 N–H and O–H groups in total. The van der Waals surface area contributed by atoms with Crippen LogP contribution < -0.4 is 15.4 Å². The first-order chi connectivity index (χ1) is 16.5. The Morgan fingerprint density at radius 3 is 2.37 bits per heavy atom. The van der Waals surface area contributed by atoms with E-state index in [0.29, 0.717) is 36.4 Å². The van der Waals surface area contributed by atoms with Crippen LogP contribution in [0.4, 0.5) is 19.0 Å². The van der Waals surface area contributed by atoms with E-state index >= 15 is 0 Å². The lowest BCUT2D eigenvalue weighted by atomic mass is 10.1. The Balaban J connectivity index is 1.46. The number of nitrogens with two attached hydrogens (primary N) is 1. The highest BCUT2D eigenvalue weighted by molar-refractivity contribution is 7.89. The van der Waals surface area contributed by atoms with E-state index in [9.17, 15) is 26.4 Å². The molecule has 0 atom stereocenters. The number of aryl methyl sites for hydroxylation is 1. The number of hydrogen-bond acceptors (Lipinski definition) is 8. The summed E-state index contributed by atoms with van der Waals surface area (Å²) >= 11 is 0. The average molecular weight is 510 g/mol. The van der Waals surface area contributed by atoms with E-state index in [2.05, 4.69) is 19.7 Å². The molecule has 0 bridgehead atoms. The zero-order valence-corrected chi connectivity index (χ0v) is 19.1. The lowest BCUT2D eigenvalue weighted by Gasteiger charge is -2.34. The van der Waals surface area contributed by atoms with Gasteiger partial charge in [-0.15, -0.1) is 13.2 Å². The smallest absolute Gasteiger partial charge is 0.406 e. The third-order valence-electron chi connectivity index (χ3n) is 5.42. The quantitative estimate of drug-likeness (QED) is 0.510. The van der Waals surface area contributed by atoms with Gasteiger partial charge in [-0.25, -0.2) is 18.4 Å². The van der Waals surface area contributed by atoms with Crippen molar-refractivity contribution < 1.29 is 31.1 Å². The molecule has 0 radical (unpaired) electrons. The number of amides is 1. The molecule has 0 saturated carbocycles. The Morgan fingerprint density at radius 1 is 1.06 bits per heavy atom. The van der Waals surface area contributed by atoms with Crippen molar-refractivity contribution in [3.05, 3.63) is 48.4 Å². The second kappa shape index (κ2) is 9.62. The highest BCUT2D eigenvalue weighted by atomic mass is 32.2. The first-order valence-electron chi connectivity index (χ1n) is 10.5. The summed E-state index contributed by atoms with van der Waals surface area (Å²) < 4.78 is 68.0. The van der Waals surface area contributed by atoms with Gasteiger partial charge in [-0.1, -0.05) is 0 Å². The van der Waals surface area contributed by atoms with Crippen molar-refractivity contribution in [2.24, 2.45) is 5.73 Å². The van der Waals surface area contributed by atoms with Gasteiger partial charge < -0.3 is 15.4 Å². The van der Waals surface area contributed by atoms with Crippen molar-refractivity contribution in [3.63, 3.8) is 0 Å². The van der Waals surface area contributed by atoms with Crippen molar-refractivity contribution in [3.8, 4) is 5.75 Å². The molecule has 3 aromatic rings. The fourth-order valence-electron chi connectivity index (χ4n) is 3.69. The minimum atomic E-state index is -4.86. The number of ether oxygens (including phenoxy) is 1. The predicted octanol–water partition coefficient (Wildman–Crippen LogP) is 1.85. The van der Waals surface area contributed by atoms with Crippen LogP contribution in [0.3, 0.4) is 0 Å². The van der Waals surface area contributed by atoms with Crippen molar-refractivity contribution in [1.29, 1.82) is 0 Å². The number of sulfonamides is 1. The molecular weight excluding hydrogens is 489 g/mol. The molecule has 1 aliphatic heterocycles. The van der Waals surface area contributed by atoms with E-state index < -0.39 is 28.0 Å². The number of carbonyl (C=O) groups is 1. The molecule has 1 saturated heterocycles. The number of nitrogens with zero attached hydrogens (tertiary/aromatic N) is 5. The third kappa shape index (κ3) is 5.77. The largest absolute Gasteiger partial charge is 0.573 e. The van der Waals surface area contributed by atoms with E-state index in [1.54, 1.807) is 18.6 Å². The first-order valence-corrected chi connectivity index (χ1v) is 12.0. The van der Waals surface area contributed by atoms with Crippen molar-refractivity contribution in [2.45, 2.75) is 24.1 Å². The van der Waals surface area contributed by atoms with Crippen molar-refractivity contribution in [1.82, 2.24) is 19.3 Å². The Bertz CT molecular complexity index is 1330. The zero-order valence-electron chi connectivity index (χ0n) is 18.3. The van der Waals surface area contributed by atoms with Crippen LogP contribution in [0, 0.1) is 0 Å². The number of rotatable bonds is 7. The molecule has 10 nitrogen and oxygen atoms in total. The molecule has 0 unspecified atom stereocenters. The summed E-state index contributed by atoms with van der Waals surface area (Å²) in [5.41, 5.74) is 7.13. The maximum atomic E-state index is 12.9. The van der Waals surface area contributed by atoms with Crippen molar-refractivity contribution in [2.75, 3.05) is 31.1 Å². The van der Waals surface area contributed by atoms with Crippen LogP contribution in [0.1, 0.15) is 12.0 Å². The topological polar surface area (TPSA) is 132 Å². The monoisotopic (exact) mass is 510 g/mol. The second-order valence-electron chi connectivity index (χ2n) is 7.77. The van der Waals surface area contributed by atoms with Crippen LogP contribution in [-0.2, 0) is 21.2 Å². The number of carbonyl (C=O) groups excluding carboxylic acids is 1. The molecule has 1 fully saturated rings. The number of aromatic nitrogens is 3. The standard InChI is InChI=1S/C21H21F3N6O4S/c22-21(23,24)34-15-2-4-16(5-3-15)35(32,33)30-9-7-29(8-10-30)19-13-27-17-12-26-11-14(20(17)28-19)1-6-18(25)31/h2-5,11-13H,1,6-10H2,(H2,25,31). The zero-order chi connectivity index (χ0) is 25.2. The Morgan fingerprint density at radius 2 is 1.74 bits per heavy atom. The Hall–Kier alpha value is -3.52. The molecular formula is C21H21F3N6O4S. The van der Waals surface area contributed by atoms with Gasteiger partial charge in [-0.3, -0.25) is 9.78 Å². The van der Waals surface area contributed by atoms with Gasteiger partial charge in [0, 0.05) is 38.8 Å². The number of fused-ring (bicyclic) bond motifs is 1. The molecule has 2 aromatic heterocycles. The fourth-order valence-corrected chi connectivity index (χ4v) is 5.11. The molecule has 3 heterocycles. The number of benzene rings is 1. The van der Waals surface area contributed by atoms with Crippen LogP contribution in [0.15, 0.2) is 47.8 Å². The van der Waals surface area contributed by atoms with Gasteiger partial charge in [-0.05, 0) is 36.2 Å². The van der Waals surface area contributed by atoms with E-state index in [1.807, 2.05) is 4.90 Å². The Kier molecular flexibility index (Phi) is 6.76. The summed E-state index contributed by atoms with van der Waals surface area (Å²) in [6, 6.07) is 4.09. The SMILES string of the molecule is NC(=O)CCc1cncc2ncc(N3CCN(S(=O)(=O)c4ccc(OC(F)(F)F)cc4)CC3)nc12. The van der Waals surface area contributed by atoms with Crippen LogP contribution in [0.25, 0.3) is 11.0 Å². The summed E-state index contributed by atoms with van der Waals surface area (Å²) in [6.07, 6.45) is 0.408. The molecule has 35 heavy (non-hydrogen) atoms. The highest BCUT2D eigenvalue weighted by Gasteiger charge is 2.32.